The lowest BCUT2D eigenvalue weighted by atomic mass is 10.1. The number of hydrogen-bond donors (Lipinski definition) is 1. The van der Waals surface area contributed by atoms with Crippen LogP contribution in [0, 0.1) is 5.41 Å². The summed E-state index contributed by atoms with van der Waals surface area (Å²) in [6, 6.07) is 10.8. The number of amides is 1. The maximum absolute atomic E-state index is 12.4. The van der Waals surface area contributed by atoms with Gasteiger partial charge in [-0.15, -0.1) is 0 Å². The molecule has 3 rings (SSSR count). The van der Waals surface area contributed by atoms with Crippen LogP contribution in [0.1, 0.15) is 18.4 Å². The van der Waals surface area contributed by atoms with Crippen molar-refractivity contribution in [3.63, 3.8) is 0 Å². The van der Waals surface area contributed by atoms with Gasteiger partial charge in [-0.3, -0.25) is 9.59 Å². The minimum Gasteiger partial charge on any atom is -0.493 e. The quantitative estimate of drug-likeness (QED) is 0.606. The molecule has 1 aliphatic rings. The summed E-state index contributed by atoms with van der Waals surface area (Å²) in [5.74, 6) is 0.633. The van der Waals surface area contributed by atoms with Gasteiger partial charge in [0.25, 0.3) is 0 Å². The first-order valence-corrected chi connectivity index (χ1v) is 8.22. The van der Waals surface area contributed by atoms with Crippen molar-refractivity contribution in [1.29, 1.82) is 0 Å². The van der Waals surface area contributed by atoms with Crippen molar-refractivity contribution in [3.8, 4) is 17.4 Å². The van der Waals surface area contributed by atoms with E-state index in [-0.39, 0.29) is 12.5 Å². The second kappa shape index (κ2) is 7.43. The van der Waals surface area contributed by atoms with E-state index in [0.29, 0.717) is 35.8 Å². The molecule has 0 unspecified atom stereocenters. The number of carbonyl (C=O) groups excluding carboxylic acids is 2. The van der Waals surface area contributed by atoms with E-state index in [4.69, 9.17) is 14.2 Å². The lowest BCUT2D eigenvalue weighted by Gasteiger charge is -2.15. The highest BCUT2D eigenvalue weighted by Gasteiger charge is 2.57. The molecule has 0 saturated heterocycles. The Bertz CT molecular complexity index is 817. The first-order valence-electron chi connectivity index (χ1n) is 8.22. The van der Waals surface area contributed by atoms with Crippen LogP contribution in [0.3, 0.4) is 0 Å². The molecule has 1 N–H and O–H groups in total. The first kappa shape index (κ1) is 17.7. The molecule has 26 heavy (non-hydrogen) atoms. The Morgan fingerprint density at radius 1 is 1.12 bits per heavy atom. The normalized spacial score (nSPS) is 14.2. The molecule has 7 nitrogen and oxygen atoms in total. The van der Waals surface area contributed by atoms with Crippen LogP contribution in [0.25, 0.3) is 0 Å². The van der Waals surface area contributed by atoms with E-state index in [1.807, 2.05) is 12.1 Å². The molecule has 2 aromatic rings. The van der Waals surface area contributed by atoms with Gasteiger partial charge in [0.2, 0.25) is 11.8 Å². The van der Waals surface area contributed by atoms with Gasteiger partial charge in [-0.05, 0) is 31.0 Å². The number of carbonyl (C=O) groups is 2. The van der Waals surface area contributed by atoms with Gasteiger partial charge >= 0.3 is 5.97 Å². The molecule has 0 aliphatic heterocycles. The van der Waals surface area contributed by atoms with Crippen molar-refractivity contribution in [2.45, 2.75) is 19.4 Å². The summed E-state index contributed by atoms with van der Waals surface area (Å²) in [6.07, 6.45) is 2.61. The van der Waals surface area contributed by atoms with Crippen LogP contribution in [0.15, 0.2) is 42.6 Å². The third-order valence-corrected chi connectivity index (χ3v) is 4.33. The molecule has 7 heteroatoms. The van der Waals surface area contributed by atoms with Crippen molar-refractivity contribution in [2.75, 3.05) is 14.2 Å². The number of para-hydroxylation sites is 2. The van der Waals surface area contributed by atoms with E-state index in [9.17, 15) is 9.59 Å². The average Bonchev–Trinajstić information content (AvgIpc) is 3.49. The zero-order valence-corrected chi connectivity index (χ0v) is 14.7. The molecule has 0 bridgehead atoms. The summed E-state index contributed by atoms with van der Waals surface area (Å²) in [4.78, 5) is 28.4. The predicted octanol–water partition coefficient (Wildman–Crippen LogP) is 2.45. The van der Waals surface area contributed by atoms with Crippen LogP contribution in [0.5, 0.6) is 17.4 Å². The van der Waals surface area contributed by atoms with Gasteiger partial charge in [0.05, 0.1) is 14.2 Å². The van der Waals surface area contributed by atoms with Crippen LogP contribution >= 0.6 is 0 Å². The Kier molecular flexibility index (Phi) is 5.06. The number of rotatable bonds is 7. The topological polar surface area (TPSA) is 86.8 Å². The smallest absolute Gasteiger partial charge is 0.321 e. The SMILES string of the molecule is COC(=O)C1(C(=O)NCc2cccnc2Oc2ccccc2OC)CC1. The third-order valence-electron chi connectivity index (χ3n) is 4.33. The highest BCUT2D eigenvalue weighted by Crippen LogP contribution is 2.47. The molecular formula is C19H20N2O5. The number of pyridine rings is 1. The van der Waals surface area contributed by atoms with Crippen LogP contribution in [0.4, 0.5) is 0 Å². The molecule has 1 aliphatic carbocycles. The van der Waals surface area contributed by atoms with Gasteiger partial charge in [0, 0.05) is 18.3 Å². The second-order valence-electron chi connectivity index (χ2n) is 5.98. The van der Waals surface area contributed by atoms with Gasteiger partial charge in [0.15, 0.2) is 11.5 Å². The molecule has 136 valence electrons. The maximum atomic E-state index is 12.4. The molecule has 1 aromatic heterocycles. The number of nitrogens with zero attached hydrogens (tertiary/aromatic N) is 1. The van der Waals surface area contributed by atoms with E-state index in [2.05, 4.69) is 10.3 Å². The van der Waals surface area contributed by atoms with Gasteiger partial charge in [-0.25, -0.2) is 4.98 Å². The van der Waals surface area contributed by atoms with Crippen molar-refractivity contribution in [1.82, 2.24) is 10.3 Å². The Morgan fingerprint density at radius 3 is 2.50 bits per heavy atom. The molecule has 0 spiro atoms. The zero-order valence-electron chi connectivity index (χ0n) is 14.7. The summed E-state index contributed by atoms with van der Waals surface area (Å²) in [5, 5.41) is 2.78. The number of aromatic nitrogens is 1. The first-order chi connectivity index (χ1) is 12.6. The molecule has 1 heterocycles. The lowest BCUT2D eigenvalue weighted by Crippen LogP contribution is -2.37. The van der Waals surface area contributed by atoms with Crippen molar-refractivity contribution in [2.24, 2.45) is 5.41 Å². The standard InChI is InChI=1S/C19H20N2O5/c1-24-14-7-3-4-8-15(14)26-16-13(6-5-11-20-16)12-21-17(22)19(9-10-19)18(23)25-2/h3-8,11H,9-10,12H2,1-2H3,(H,21,22). The van der Waals surface area contributed by atoms with Gasteiger partial charge in [-0.1, -0.05) is 18.2 Å². The fraction of sp³-hybridized carbons (Fsp3) is 0.316. The van der Waals surface area contributed by atoms with E-state index in [1.165, 1.54) is 7.11 Å². The second-order valence-corrected chi connectivity index (χ2v) is 5.98. The Morgan fingerprint density at radius 2 is 1.85 bits per heavy atom. The lowest BCUT2D eigenvalue weighted by molar-refractivity contribution is -0.152. The molecule has 0 atom stereocenters. The monoisotopic (exact) mass is 356 g/mol. The van der Waals surface area contributed by atoms with Crippen LogP contribution in [0.2, 0.25) is 0 Å². The Labute approximate surface area is 151 Å². The van der Waals surface area contributed by atoms with Gasteiger partial charge in [-0.2, -0.15) is 0 Å². The van der Waals surface area contributed by atoms with Crippen LogP contribution in [-0.2, 0) is 20.9 Å². The summed E-state index contributed by atoms with van der Waals surface area (Å²) in [5.41, 5.74) is -0.354. The maximum Gasteiger partial charge on any atom is 0.321 e. The summed E-state index contributed by atoms with van der Waals surface area (Å²) in [7, 11) is 2.85. The molecular weight excluding hydrogens is 336 g/mol. The minimum atomic E-state index is -1.04. The third kappa shape index (κ3) is 3.46. The molecule has 1 aromatic carbocycles. The summed E-state index contributed by atoms with van der Waals surface area (Å²) < 4.78 is 15.9. The average molecular weight is 356 g/mol. The van der Waals surface area contributed by atoms with Gasteiger partial charge in [0.1, 0.15) is 5.41 Å². The molecule has 1 fully saturated rings. The number of methoxy groups -OCH3 is 2. The summed E-state index contributed by atoms with van der Waals surface area (Å²) >= 11 is 0. The Balaban J connectivity index is 1.72. The van der Waals surface area contributed by atoms with E-state index in [1.54, 1.807) is 37.6 Å². The number of benzene rings is 1. The van der Waals surface area contributed by atoms with Crippen molar-refractivity contribution < 1.29 is 23.8 Å². The molecule has 1 amide bonds. The minimum absolute atomic E-state index is 0.190. The predicted molar refractivity (Wildman–Crippen MR) is 92.8 cm³/mol. The van der Waals surface area contributed by atoms with Crippen LogP contribution in [-0.4, -0.2) is 31.1 Å². The highest BCUT2D eigenvalue weighted by molar-refractivity contribution is 6.05. The number of nitrogens with one attached hydrogen (secondary N) is 1. The van der Waals surface area contributed by atoms with E-state index in [0.717, 1.165) is 0 Å². The zero-order chi connectivity index (χ0) is 18.6. The number of hydrogen-bond acceptors (Lipinski definition) is 6. The van der Waals surface area contributed by atoms with Crippen molar-refractivity contribution >= 4 is 11.9 Å². The van der Waals surface area contributed by atoms with E-state index < -0.39 is 11.4 Å². The fourth-order valence-electron chi connectivity index (χ4n) is 2.65. The van der Waals surface area contributed by atoms with Crippen molar-refractivity contribution in [3.05, 3.63) is 48.2 Å². The van der Waals surface area contributed by atoms with E-state index >= 15 is 0 Å². The van der Waals surface area contributed by atoms with Gasteiger partial charge < -0.3 is 19.5 Å². The highest BCUT2D eigenvalue weighted by atomic mass is 16.5. The molecule has 1 saturated carbocycles. The molecule has 0 radical (unpaired) electrons. The summed E-state index contributed by atoms with van der Waals surface area (Å²) in [6.45, 7) is 0.190. The largest absolute Gasteiger partial charge is 0.493 e. The van der Waals surface area contributed by atoms with Crippen LogP contribution < -0.4 is 14.8 Å². The Hall–Kier alpha value is -3.09. The number of esters is 1. The fourth-order valence-corrected chi connectivity index (χ4v) is 2.65. The number of ether oxygens (including phenoxy) is 3.